The number of para-hydroxylation sites is 1. The number of aromatic nitrogens is 3. The minimum atomic E-state index is 0.707. The molecule has 5 heteroatoms. The van der Waals surface area contributed by atoms with Crippen molar-refractivity contribution in [3.05, 3.63) is 50.7 Å². The zero-order chi connectivity index (χ0) is 14.4. The van der Waals surface area contributed by atoms with E-state index in [4.69, 9.17) is 17.2 Å². The Labute approximate surface area is 135 Å². The Kier molecular flexibility index (Phi) is 3.12. The maximum atomic E-state index is 5.43. The van der Waals surface area contributed by atoms with Crippen LogP contribution in [0.15, 0.2) is 34.8 Å². The zero-order valence-corrected chi connectivity index (χ0v) is 13.6. The second-order valence-electron chi connectivity index (χ2n) is 5.21. The summed E-state index contributed by atoms with van der Waals surface area (Å²) in [5.41, 5.74) is 4.18. The first-order valence-electron chi connectivity index (χ1n) is 6.90. The van der Waals surface area contributed by atoms with Crippen LogP contribution in [0.2, 0.25) is 0 Å². The largest absolute Gasteiger partial charge is 0.342 e. The van der Waals surface area contributed by atoms with Gasteiger partial charge in [0.25, 0.3) is 0 Å². The van der Waals surface area contributed by atoms with E-state index in [0.29, 0.717) is 4.64 Å². The highest BCUT2D eigenvalue weighted by molar-refractivity contribution is 9.10. The number of fused-ring (bicyclic) bond motifs is 2. The third-order valence-electron chi connectivity index (χ3n) is 3.86. The molecule has 3 nitrogen and oxygen atoms in total. The summed E-state index contributed by atoms with van der Waals surface area (Å²) in [6.45, 7) is 0. The standard InChI is InChI=1S/C16H12BrN3S/c17-11-8-9-4-1-2-6-12(9)18-14(11)15-19-13-7-3-5-10(13)16(21)20-15/h1-2,4,6,8H,3,5,7H2,(H,19,20,21). The number of pyridine rings is 1. The average molecular weight is 358 g/mol. The van der Waals surface area contributed by atoms with Crippen LogP contribution in [-0.2, 0) is 12.8 Å². The highest BCUT2D eigenvalue weighted by Crippen LogP contribution is 2.29. The Morgan fingerprint density at radius 2 is 2.00 bits per heavy atom. The van der Waals surface area contributed by atoms with E-state index in [2.05, 4.69) is 38.0 Å². The van der Waals surface area contributed by atoms with E-state index >= 15 is 0 Å². The van der Waals surface area contributed by atoms with Gasteiger partial charge in [0.15, 0.2) is 5.82 Å². The number of halogens is 1. The lowest BCUT2D eigenvalue weighted by atomic mass is 10.2. The van der Waals surface area contributed by atoms with Gasteiger partial charge in [-0.15, -0.1) is 0 Å². The number of nitrogens with one attached hydrogen (secondary N) is 1. The molecular formula is C16H12BrN3S. The van der Waals surface area contributed by atoms with E-state index in [1.165, 1.54) is 11.3 Å². The fourth-order valence-corrected chi connectivity index (χ4v) is 3.67. The van der Waals surface area contributed by atoms with E-state index in [1.807, 2.05) is 18.2 Å². The molecule has 2 aromatic heterocycles. The van der Waals surface area contributed by atoms with Gasteiger partial charge in [0.1, 0.15) is 10.3 Å². The van der Waals surface area contributed by atoms with E-state index in [0.717, 1.165) is 46.2 Å². The van der Waals surface area contributed by atoms with Gasteiger partial charge in [-0.05, 0) is 47.3 Å². The average Bonchev–Trinajstić information content (AvgIpc) is 2.95. The molecule has 0 saturated carbocycles. The molecule has 21 heavy (non-hydrogen) atoms. The van der Waals surface area contributed by atoms with Crippen LogP contribution in [0.4, 0.5) is 0 Å². The fourth-order valence-electron chi connectivity index (χ4n) is 2.83. The zero-order valence-electron chi connectivity index (χ0n) is 11.2. The van der Waals surface area contributed by atoms with Gasteiger partial charge >= 0.3 is 0 Å². The Morgan fingerprint density at radius 3 is 2.90 bits per heavy atom. The number of rotatable bonds is 1. The molecule has 4 rings (SSSR count). The molecule has 0 fully saturated rings. The maximum absolute atomic E-state index is 5.43. The summed E-state index contributed by atoms with van der Waals surface area (Å²) in [4.78, 5) is 12.7. The number of aromatic amines is 1. The van der Waals surface area contributed by atoms with Crippen LogP contribution in [0.3, 0.4) is 0 Å². The molecule has 0 unspecified atom stereocenters. The van der Waals surface area contributed by atoms with Crippen molar-refractivity contribution in [2.75, 3.05) is 0 Å². The smallest absolute Gasteiger partial charge is 0.159 e. The van der Waals surface area contributed by atoms with Gasteiger partial charge in [0, 0.05) is 21.1 Å². The van der Waals surface area contributed by atoms with Gasteiger partial charge in [0.2, 0.25) is 0 Å². The molecular weight excluding hydrogens is 346 g/mol. The predicted octanol–water partition coefficient (Wildman–Crippen LogP) is 4.61. The first kappa shape index (κ1) is 13.1. The van der Waals surface area contributed by atoms with Gasteiger partial charge in [-0.1, -0.05) is 30.4 Å². The SMILES string of the molecule is S=c1nc(-c2nc3ccccc3cc2Br)[nH]c2c1CCC2. The number of aryl methyl sites for hydroxylation is 1. The summed E-state index contributed by atoms with van der Waals surface area (Å²) >= 11 is 9.03. The van der Waals surface area contributed by atoms with Crippen molar-refractivity contribution in [3.8, 4) is 11.5 Å². The van der Waals surface area contributed by atoms with Crippen molar-refractivity contribution in [1.29, 1.82) is 0 Å². The molecule has 1 aliphatic carbocycles. The monoisotopic (exact) mass is 357 g/mol. The van der Waals surface area contributed by atoms with Crippen LogP contribution in [0.1, 0.15) is 17.7 Å². The molecule has 104 valence electrons. The highest BCUT2D eigenvalue weighted by atomic mass is 79.9. The molecule has 0 amide bonds. The first-order valence-corrected chi connectivity index (χ1v) is 8.10. The lowest BCUT2D eigenvalue weighted by Gasteiger charge is -2.08. The predicted molar refractivity (Wildman–Crippen MR) is 89.9 cm³/mol. The Hall–Kier alpha value is -1.59. The topological polar surface area (TPSA) is 41.6 Å². The van der Waals surface area contributed by atoms with Crippen molar-refractivity contribution in [1.82, 2.24) is 15.0 Å². The number of nitrogens with zero attached hydrogens (tertiary/aromatic N) is 2. The van der Waals surface area contributed by atoms with Gasteiger partial charge in [-0.3, -0.25) is 0 Å². The molecule has 1 N–H and O–H groups in total. The van der Waals surface area contributed by atoms with Crippen molar-refractivity contribution < 1.29 is 0 Å². The van der Waals surface area contributed by atoms with E-state index in [1.54, 1.807) is 0 Å². The normalized spacial score (nSPS) is 13.6. The quantitative estimate of drug-likeness (QED) is 0.646. The minimum Gasteiger partial charge on any atom is -0.342 e. The second-order valence-corrected chi connectivity index (χ2v) is 6.45. The molecule has 1 aromatic carbocycles. The Morgan fingerprint density at radius 1 is 1.14 bits per heavy atom. The lowest BCUT2D eigenvalue weighted by molar-refractivity contribution is 0.899. The van der Waals surface area contributed by atoms with E-state index < -0.39 is 0 Å². The van der Waals surface area contributed by atoms with Gasteiger partial charge in [-0.25, -0.2) is 9.97 Å². The summed E-state index contributed by atoms with van der Waals surface area (Å²) in [5.74, 6) is 0.748. The van der Waals surface area contributed by atoms with Crippen molar-refractivity contribution >= 4 is 39.1 Å². The highest BCUT2D eigenvalue weighted by Gasteiger charge is 2.17. The second kappa shape index (κ2) is 5.00. The van der Waals surface area contributed by atoms with Crippen LogP contribution in [-0.4, -0.2) is 15.0 Å². The Balaban J connectivity index is 1.96. The van der Waals surface area contributed by atoms with Crippen LogP contribution in [0, 0.1) is 4.64 Å². The number of hydrogen-bond donors (Lipinski definition) is 1. The molecule has 3 aromatic rings. The van der Waals surface area contributed by atoms with Crippen LogP contribution in [0.5, 0.6) is 0 Å². The van der Waals surface area contributed by atoms with Crippen molar-refractivity contribution in [2.24, 2.45) is 0 Å². The van der Waals surface area contributed by atoms with Gasteiger partial charge in [0.05, 0.1) is 5.52 Å². The molecule has 0 atom stereocenters. The molecule has 0 bridgehead atoms. The third-order valence-corrected chi connectivity index (χ3v) is 4.80. The summed E-state index contributed by atoms with van der Waals surface area (Å²) in [6.07, 6.45) is 3.22. The van der Waals surface area contributed by atoms with Crippen molar-refractivity contribution in [2.45, 2.75) is 19.3 Å². The van der Waals surface area contributed by atoms with E-state index in [9.17, 15) is 0 Å². The van der Waals surface area contributed by atoms with Crippen molar-refractivity contribution in [3.63, 3.8) is 0 Å². The number of H-pyrrole nitrogens is 1. The summed E-state index contributed by atoms with van der Waals surface area (Å²) < 4.78 is 1.63. The summed E-state index contributed by atoms with van der Waals surface area (Å²) in [5, 5.41) is 1.10. The van der Waals surface area contributed by atoms with Gasteiger partial charge in [-0.2, -0.15) is 0 Å². The number of benzene rings is 1. The fraction of sp³-hybridized carbons (Fsp3) is 0.188. The van der Waals surface area contributed by atoms with Crippen LogP contribution in [0.25, 0.3) is 22.4 Å². The van der Waals surface area contributed by atoms with E-state index in [-0.39, 0.29) is 0 Å². The third kappa shape index (κ3) is 2.21. The summed E-state index contributed by atoms with van der Waals surface area (Å²) in [6, 6.07) is 10.1. The summed E-state index contributed by atoms with van der Waals surface area (Å²) in [7, 11) is 0. The maximum Gasteiger partial charge on any atom is 0.159 e. The first-order chi connectivity index (χ1) is 10.2. The molecule has 0 radical (unpaired) electrons. The molecule has 0 aliphatic heterocycles. The number of hydrogen-bond acceptors (Lipinski definition) is 3. The molecule has 0 saturated heterocycles. The van der Waals surface area contributed by atoms with Crippen LogP contribution >= 0.6 is 28.1 Å². The van der Waals surface area contributed by atoms with Gasteiger partial charge < -0.3 is 4.98 Å². The molecule has 0 spiro atoms. The molecule has 2 heterocycles. The lowest BCUT2D eigenvalue weighted by Crippen LogP contribution is -1.99. The minimum absolute atomic E-state index is 0.707. The molecule has 1 aliphatic rings. The Bertz CT molecular complexity index is 917. The van der Waals surface area contributed by atoms with Crippen LogP contribution < -0.4 is 0 Å².